The van der Waals surface area contributed by atoms with Gasteiger partial charge in [-0.15, -0.1) is 0 Å². The van der Waals surface area contributed by atoms with Gasteiger partial charge in [0, 0.05) is 37.4 Å². The van der Waals surface area contributed by atoms with E-state index < -0.39 is 0 Å². The van der Waals surface area contributed by atoms with E-state index in [2.05, 4.69) is 57.8 Å². The Kier molecular flexibility index (Phi) is 5.84. The van der Waals surface area contributed by atoms with Crippen LogP contribution < -0.4 is 5.32 Å². The van der Waals surface area contributed by atoms with Crippen LogP contribution in [0.4, 0.5) is 0 Å². The van der Waals surface area contributed by atoms with Gasteiger partial charge in [0.25, 0.3) is 0 Å². The van der Waals surface area contributed by atoms with Crippen LogP contribution in [0.1, 0.15) is 42.4 Å². The maximum absolute atomic E-state index is 4.25. The van der Waals surface area contributed by atoms with Gasteiger partial charge >= 0.3 is 0 Å². The molecule has 4 heteroatoms. The molecule has 4 rings (SSSR count). The minimum atomic E-state index is 1.02. The first-order valence-electron chi connectivity index (χ1n) is 10.7. The zero-order valence-corrected chi connectivity index (χ0v) is 16.8. The highest BCUT2D eigenvalue weighted by Gasteiger charge is 2.23. The molecule has 3 aliphatic rings. The van der Waals surface area contributed by atoms with Gasteiger partial charge in [-0.25, -0.2) is 0 Å². The smallest absolute Gasteiger partial charge is 0.106 e. The number of nitrogens with one attached hydrogen (secondary N) is 1. The van der Waals surface area contributed by atoms with Crippen molar-refractivity contribution in [2.75, 3.05) is 52.4 Å². The molecule has 2 fully saturated rings. The lowest BCUT2D eigenvalue weighted by atomic mass is 9.97. The SMILES string of the molecule is C=C1NC(N2CCN(CCCN3CCCCC3)CC2)=Cc2c(C)cccc21. The number of likely N-dealkylation sites (tertiary alicyclic amines) is 1. The van der Waals surface area contributed by atoms with Crippen LogP contribution in [-0.2, 0) is 0 Å². The van der Waals surface area contributed by atoms with E-state index in [1.165, 1.54) is 74.4 Å². The van der Waals surface area contributed by atoms with Crippen molar-refractivity contribution in [2.45, 2.75) is 32.6 Å². The average Bonchev–Trinajstić information content (AvgIpc) is 2.70. The normalized spacial score (nSPS) is 21.6. The fraction of sp³-hybridized carbons (Fsp3) is 0.565. The summed E-state index contributed by atoms with van der Waals surface area (Å²) in [6.45, 7) is 16.1. The Balaban J connectivity index is 1.28. The molecule has 1 N–H and O–H groups in total. The number of aryl methyl sites for hydroxylation is 1. The minimum Gasteiger partial charge on any atom is -0.356 e. The van der Waals surface area contributed by atoms with Crippen molar-refractivity contribution in [1.29, 1.82) is 0 Å². The van der Waals surface area contributed by atoms with E-state index >= 15 is 0 Å². The fourth-order valence-electron chi connectivity index (χ4n) is 4.61. The molecule has 4 nitrogen and oxygen atoms in total. The number of piperidine rings is 1. The Morgan fingerprint density at radius 2 is 1.63 bits per heavy atom. The van der Waals surface area contributed by atoms with Crippen molar-refractivity contribution in [3.05, 3.63) is 47.3 Å². The lowest BCUT2D eigenvalue weighted by Gasteiger charge is -2.39. The van der Waals surface area contributed by atoms with Crippen LogP contribution in [0.15, 0.2) is 30.6 Å². The highest BCUT2D eigenvalue weighted by atomic mass is 15.3. The maximum atomic E-state index is 4.25. The van der Waals surface area contributed by atoms with Crippen molar-refractivity contribution in [3.8, 4) is 0 Å². The quantitative estimate of drug-likeness (QED) is 0.862. The second-order valence-corrected chi connectivity index (χ2v) is 8.25. The summed E-state index contributed by atoms with van der Waals surface area (Å²) in [4.78, 5) is 7.78. The predicted molar refractivity (Wildman–Crippen MR) is 114 cm³/mol. The zero-order chi connectivity index (χ0) is 18.6. The number of rotatable bonds is 5. The van der Waals surface area contributed by atoms with Gasteiger partial charge in [-0.2, -0.15) is 0 Å². The molecule has 0 unspecified atom stereocenters. The highest BCUT2D eigenvalue weighted by Crippen LogP contribution is 2.28. The zero-order valence-electron chi connectivity index (χ0n) is 16.8. The van der Waals surface area contributed by atoms with Crippen LogP contribution in [0.25, 0.3) is 11.8 Å². The summed E-state index contributed by atoms with van der Waals surface area (Å²) in [6.07, 6.45) is 7.85. The second-order valence-electron chi connectivity index (χ2n) is 8.25. The van der Waals surface area contributed by atoms with Gasteiger partial charge in [0.2, 0.25) is 0 Å². The summed E-state index contributed by atoms with van der Waals surface area (Å²) in [5.74, 6) is 1.22. The Morgan fingerprint density at radius 3 is 2.37 bits per heavy atom. The molecule has 0 saturated carbocycles. The van der Waals surface area contributed by atoms with E-state index in [1.807, 2.05) is 0 Å². The molecule has 27 heavy (non-hydrogen) atoms. The molecule has 1 aromatic rings. The lowest BCUT2D eigenvalue weighted by Crippen LogP contribution is -2.48. The van der Waals surface area contributed by atoms with Crippen LogP contribution in [0.5, 0.6) is 0 Å². The summed E-state index contributed by atoms with van der Waals surface area (Å²) in [5.41, 5.74) is 4.90. The molecule has 0 aromatic heterocycles. The monoisotopic (exact) mass is 366 g/mol. The van der Waals surface area contributed by atoms with Gasteiger partial charge < -0.3 is 15.1 Å². The Hall–Kier alpha value is -1.78. The van der Waals surface area contributed by atoms with Crippen molar-refractivity contribution >= 4 is 11.8 Å². The van der Waals surface area contributed by atoms with E-state index in [-0.39, 0.29) is 0 Å². The fourth-order valence-corrected chi connectivity index (χ4v) is 4.61. The molecule has 0 bridgehead atoms. The van der Waals surface area contributed by atoms with Gasteiger partial charge in [-0.3, -0.25) is 4.90 Å². The number of nitrogens with zero attached hydrogens (tertiary/aromatic N) is 3. The largest absolute Gasteiger partial charge is 0.356 e. The molecular weight excluding hydrogens is 332 g/mol. The summed E-state index contributed by atoms with van der Waals surface area (Å²) < 4.78 is 0. The van der Waals surface area contributed by atoms with Crippen LogP contribution >= 0.6 is 0 Å². The Morgan fingerprint density at radius 1 is 0.926 bits per heavy atom. The number of fused-ring (bicyclic) bond motifs is 1. The average molecular weight is 367 g/mol. The molecule has 0 aliphatic carbocycles. The number of benzene rings is 1. The third-order valence-corrected chi connectivity index (χ3v) is 6.32. The van der Waals surface area contributed by atoms with E-state index in [1.54, 1.807) is 0 Å². The first-order chi connectivity index (χ1) is 13.2. The molecule has 3 aliphatic heterocycles. The number of hydrogen-bond acceptors (Lipinski definition) is 4. The summed E-state index contributed by atoms with van der Waals surface area (Å²) in [6, 6.07) is 6.46. The first-order valence-corrected chi connectivity index (χ1v) is 10.7. The van der Waals surface area contributed by atoms with Crippen molar-refractivity contribution in [3.63, 3.8) is 0 Å². The third-order valence-electron chi connectivity index (χ3n) is 6.32. The van der Waals surface area contributed by atoms with Crippen LogP contribution in [0, 0.1) is 6.92 Å². The molecular formula is C23H34N4. The van der Waals surface area contributed by atoms with Crippen LogP contribution in [0.2, 0.25) is 0 Å². The predicted octanol–water partition coefficient (Wildman–Crippen LogP) is 3.36. The van der Waals surface area contributed by atoms with Gasteiger partial charge in [-0.1, -0.05) is 31.2 Å². The van der Waals surface area contributed by atoms with E-state index in [4.69, 9.17) is 0 Å². The second kappa shape index (κ2) is 8.49. The van der Waals surface area contributed by atoms with Crippen LogP contribution in [0.3, 0.4) is 0 Å². The molecule has 2 saturated heterocycles. The standard InChI is InChI=1S/C23H34N4/c1-19-8-6-9-21-20(2)24-23(18-22(19)21)27-16-14-26(15-17-27)13-7-12-25-10-4-3-5-11-25/h6,8-9,18,24H,2-5,7,10-17H2,1H3. The third kappa shape index (κ3) is 4.39. The van der Waals surface area contributed by atoms with Gasteiger partial charge in [0.15, 0.2) is 0 Å². The highest BCUT2D eigenvalue weighted by molar-refractivity contribution is 5.79. The van der Waals surface area contributed by atoms with E-state index in [0.717, 1.165) is 31.9 Å². The summed E-state index contributed by atoms with van der Waals surface area (Å²) in [5, 5.41) is 3.54. The first kappa shape index (κ1) is 18.6. The van der Waals surface area contributed by atoms with E-state index in [0.29, 0.717) is 0 Å². The van der Waals surface area contributed by atoms with Gasteiger partial charge in [-0.05, 0) is 69.6 Å². The van der Waals surface area contributed by atoms with Gasteiger partial charge in [0.05, 0.1) is 0 Å². The summed E-state index contributed by atoms with van der Waals surface area (Å²) in [7, 11) is 0. The van der Waals surface area contributed by atoms with E-state index in [9.17, 15) is 0 Å². The number of hydrogen-bond donors (Lipinski definition) is 1. The Bertz CT molecular complexity index is 694. The number of piperazine rings is 1. The van der Waals surface area contributed by atoms with Crippen molar-refractivity contribution in [1.82, 2.24) is 20.0 Å². The maximum Gasteiger partial charge on any atom is 0.106 e. The molecule has 0 atom stereocenters. The minimum absolute atomic E-state index is 1.02. The van der Waals surface area contributed by atoms with Crippen molar-refractivity contribution in [2.24, 2.45) is 0 Å². The molecule has 3 heterocycles. The molecule has 0 amide bonds. The molecule has 0 spiro atoms. The van der Waals surface area contributed by atoms with Gasteiger partial charge in [0.1, 0.15) is 5.82 Å². The molecule has 0 radical (unpaired) electrons. The topological polar surface area (TPSA) is 21.8 Å². The Labute approximate surface area is 164 Å². The molecule has 1 aromatic carbocycles. The lowest BCUT2D eigenvalue weighted by molar-refractivity contribution is 0.144. The molecule has 146 valence electrons. The van der Waals surface area contributed by atoms with Crippen molar-refractivity contribution < 1.29 is 0 Å². The van der Waals surface area contributed by atoms with Crippen LogP contribution in [-0.4, -0.2) is 67.1 Å². The summed E-state index contributed by atoms with van der Waals surface area (Å²) >= 11 is 0.